The van der Waals surface area contributed by atoms with Crippen LogP contribution in [0.1, 0.15) is 47.7 Å². The molecule has 3 aromatic rings. The molecule has 1 aliphatic rings. The summed E-state index contributed by atoms with van der Waals surface area (Å²) >= 11 is 0. The molecular weight excluding hydrogens is 361 g/mol. The topological polar surface area (TPSA) is 81.7 Å². The molecule has 0 spiro atoms. The Morgan fingerprint density at radius 1 is 1.21 bits per heavy atom. The number of hydrogen-bond donors (Lipinski definition) is 0. The Balaban J connectivity index is 1.44. The van der Waals surface area contributed by atoms with Gasteiger partial charge < -0.3 is 14.0 Å². The van der Waals surface area contributed by atoms with Crippen molar-refractivity contribution in [3.8, 4) is 0 Å². The van der Waals surface area contributed by atoms with Crippen LogP contribution >= 0.6 is 0 Å². The number of carbonyl (C=O) groups is 1. The lowest BCUT2D eigenvalue weighted by molar-refractivity contribution is 0.0709. The second-order valence-electron chi connectivity index (χ2n) is 6.91. The Morgan fingerprint density at radius 3 is 2.71 bits per heavy atom. The molecule has 1 amide bonds. The maximum absolute atomic E-state index is 13.3. The van der Waals surface area contributed by atoms with Crippen LogP contribution < -0.4 is 0 Å². The Kier molecular flexibility index (Phi) is 5.14. The highest BCUT2D eigenvalue weighted by molar-refractivity contribution is 5.93. The number of likely N-dealkylation sites (tertiary alicyclic amines) is 1. The van der Waals surface area contributed by atoms with Gasteiger partial charge in [-0.1, -0.05) is 0 Å². The minimum absolute atomic E-state index is 0.178. The predicted molar refractivity (Wildman–Crippen MR) is 99.1 cm³/mol. The van der Waals surface area contributed by atoms with Crippen molar-refractivity contribution >= 4 is 5.91 Å². The third-order valence-electron chi connectivity index (χ3n) is 5.15. The summed E-state index contributed by atoms with van der Waals surface area (Å²) in [6, 6.07) is 1.23. The van der Waals surface area contributed by atoms with Gasteiger partial charge in [0.1, 0.15) is 11.6 Å². The van der Waals surface area contributed by atoms with Gasteiger partial charge in [-0.3, -0.25) is 9.78 Å². The lowest BCUT2D eigenvalue weighted by atomic mass is 9.95. The van der Waals surface area contributed by atoms with Crippen molar-refractivity contribution in [2.45, 2.75) is 38.8 Å². The molecule has 0 unspecified atom stereocenters. The Labute approximate surface area is 162 Å². The van der Waals surface area contributed by atoms with E-state index in [9.17, 15) is 9.18 Å². The normalized spacial score (nSPS) is 15.1. The predicted octanol–water partition coefficient (Wildman–Crippen LogP) is 2.10. The number of rotatable bonds is 5. The highest BCUT2D eigenvalue weighted by Crippen LogP contribution is 2.28. The van der Waals surface area contributed by atoms with Crippen molar-refractivity contribution < 1.29 is 9.18 Å². The maximum Gasteiger partial charge on any atom is 0.255 e. The first kappa shape index (κ1) is 18.3. The zero-order chi connectivity index (χ0) is 19.5. The fourth-order valence-corrected chi connectivity index (χ4v) is 3.71. The van der Waals surface area contributed by atoms with E-state index in [4.69, 9.17) is 0 Å². The second kappa shape index (κ2) is 7.87. The minimum atomic E-state index is -0.498. The number of imidazole rings is 1. The number of halogens is 1. The quantitative estimate of drug-likeness (QED) is 0.674. The van der Waals surface area contributed by atoms with E-state index in [1.807, 2.05) is 10.8 Å². The molecule has 0 N–H and O–H groups in total. The van der Waals surface area contributed by atoms with Crippen LogP contribution in [0.3, 0.4) is 0 Å². The van der Waals surface area contributed by atoms with Gasteiger partial charge >= 0.3 is 0 Å². The molecule has 8 nitrogen and oxygen atoms in total. The van der Waals surface area contributed by atoms with Gasteiger partial charge in [0.05, 0.1) is 24.6 Å². The SMILES string of the molecule is CCn1c(Cn2ccnc2)nnc1C1CCN(C(=O)c2cncc(F)c2)CC1. The Hall–Kier alpha value is -3.10. The summed E-state index contributed by atoms with van der Waals surface area (Å²) < 4.78 is 17.5. The smallest absolute Gasteiger partial charge is 0.255 e. The number of piperidine rings is 1. The molecule has 146 valence electrons. The van der Waals surface area contributed by atoms with Gasteiger partial charge in [0.2, 0.25) is 0 Å². The number of carbonyl (C=O) groups excluding carboxylic acids is 1. The van der Waals surface area contributed by atoms with Crippen LogP contribution in [0.15, 0.2) is 37.2 Å². The fraction of sp³-hybridized carbons (Fsp3) is 0.421. The lowest BCUT2D eigenvalue weighted by Gasteiger charge is -2.31. The largest absolute Gasteiger partial charge is 0.339 e. The monoisotopic (exact) mass is 383 g/mol. The molecule has 1 saturated heterocycles. The summed E-state index contributed by atoms with van der Waals surface area (Å²) in [6.45, 7) is 4.71. The molecule has 1 fully saturated rings. The van der Waals surface area contributed by atoms with Crippen molar-refractivity contribution in [2.75, 3.05) is 13.1 Å². The molecule has 28 heavy (non-hydrogen) atoms. The highest BCUT2D eigenvalue weighted by Gasteiger charge is 2.28. The van der Waals surface area contributed by atoms with Crippen LogP contribution in [-0.2, 0) is 13.1 Å². The molecule has 3 aromatic heterocycles. The average Bonchev–Trinajstić information content (AvgIpc) is 3.37. The summed E-state index contributed by atoms with van der Waals surface area (Å²) in [6.07, 6.45) is 9.53. The summed E-state index contributed by atoms with van der Waals surface area (Å²) in [5.74, 6) is 1.45. The lowest BCUT2D eigenvalue weighted by Crippen LogP contribution is -2.38. The van der Waals surface area contributed by atoms with Crippen LogP contribution in [0.4, 0.5) is 4.39 Å². The molecule has 1 aliphatic heterocycles. The standard InChI is InChI=1S/C19H22FN7O/c1-2-27-17(12-25-8-5-21-13-25)23-24-18(27)14-3-6-26(7-4-14)19(28)15-9-16(20)11-22-10-15/h5,8-11,13-14H,2-4,6-7,12H2,1H3. The number of nitrogens with zero attached hydrogens (tertiary/aromatic N) is 7. The van der Waals surface area contributed by atoms with E-state index >= 15 is 0 Å². The molecule has 9 heteroatoms. The first-order valence-corrected chi connectivity index (χ1v) is 9.43. The highest BCUT2D eigenvalue weighted by atomic mass is 19.1. The fourth-order valence-electron chi connectivity index (χ4n) is 3.71. The number of aromatic nitrogens is 6. The van der Waals surface area contributed by atoms with Gasteiger partial charge in [-0.15, -0.1) is 10.2 Å². The average molecular weight is 383 g/mol. The third-order valence-corrected chi connectivity index (χ3v) is 5.15. The molecule has 4 rings (SSSR count). The molecule has 4 heterocycles. The molecule has 0 aliphatic carbocycles. The van der Waals surface area contributed by atoms with Crippen LogP contribution in [0.2, 0.25) is 0 Å². The van der Waals surface area contributed by atoms with E-state index in [0.717, 1.165) is 37.2 Å². The van der Waals surface area contributed by atoms with Gasteiger partial charge in [0.15, 0.2) is 5.82 Å². The summed E-state index contributed by atoms with van der Waals surface area (Å²) in [4.78, 5) is 22.2. The van der Waals surface area contributed by atoms with E-state index in [1.54, 1.807) is 17.4 Å². The van der Waals surface area contributed by atoms with Gasteiger partial charge in [0, 0.05) is 44.1 Å². The van der Waals surface area contributed by atoms with Crippen molar-refractivity contribution in [3.05, 3.63) is 60.2 Å². The summed E-state index contributed by atoms with van der Waals surface area (Å²) in [5, 5.41) is 8.83. The van der Waals surface area contributed by atoms with Crippen LogP contribution in [0, 0.1) is 5.82 Å². The summed E-state index contributed by atoms with van der Waals surface area (Å²) in [5.41, 5.74) is 0.290. The second-order valence-corrected chi connectivity index (χ2v) is 6.91. The van der Waals surface area contributed by atoms with Crippen molar-refractivity contribution in [1.29, 1.82) is 0 Å². The van der Waals surface area contributed by atoms with E-state index in [-0.39, 0.29) is 17.4 Å². The first-order valence-electron chi connectivity index (χ1n) is 9.43. The van der Waals surface area contributed by atoms with Crippen LogP contribution in [0.5, 0.6) is 0 Å². The summed E-state index contributed by atoms with van der Waals surface area (Å²) in [7, 11) is 0. The van der Waals surface area contributed by atoms with Gasteiger partial charge in [0.25, 0.3) is 5.91 Å². The molecule has 0 aromatic carbocycles. The van der Waals surface area contributed by atoms with E-state index in [1.165, 1.54) is 12.3 Å². The van der Waals surface area contributed by atoms with Gasteiger partial charge in [-0.2, -0.15) is 0 Å². The van der Waals surface area contributed by atoms with Gasteiger partial charge in [-0.25, -0.2) is 9.37 Å². The number of hydrogen-bond acceptors (Lipinski definition) is 5. The molecule has 0 bridgehead atoms. The third kappa shape index (κ3) is 3.64. The molecule has 0 radical (unpaired) electrons. The molecule has 0 saturated carbocycles. The van der Waals surface area contributed by atoms with E-state index < -0.39 is 5.82 Å². The zero-order valence-electron chi connectivity index (χ0n) is 15.7. The zero-order valence-corrected chi connectivity index (χ0v) is 15.7. The van der Waals surface area contributed by atoms with Crippen LogP contribution in [0.25, 0.3) is 0 Å². The van der Waals surface area contributed by atoms with Crippen molar-refractivity contribution in [3.63, 3.8) is 0 Å². The Bertz CT molecular complexity index is 945. The van der Waals surface area contributed by atoms with Crippen LogP contribution in [-0.4, -0.2) is 53.2 Å². The number of pyridine rings is 1. The van der Waals surface area contributed by atoms with Crippen molar-refractivity contribution in [1.82, 2.24) is 34.2 Å². The van der Waals surface area contributed by atoms with Gasteiger partial charge in [-0.05, 0) is 25.8 Å². The first-order chi connectivity index (χ1) is 13.7. The number of amides is 1. The van der Waals surface area contributed by atoms with Crippen molar-refractivity contribution in [2.24, 2.45) is 0 Å². The molecule has 0 atom stereocenters. The molecular formula is C19H22FN7O. The minimum Gasteiger partial charge on any atom is -0.339 e. The Morgan fingerprint density at radius 2 is 2.04 bits per heavy atom. The van der Waals surface area contributed by atoms with E-state index in [2.05, 4.69) is 31.7 Å². The maximum atomic E-state index is 13.3. The van der Waals surface area contributed by atoms with E-state index in [0.29, 0.717) is 19.6 Å².